The Labute approximate surface area is 185 Å². The van der Waals surface area contributed by atoms with Crippen LogP contribution in [0.1, 0.15) is 22.3 Å². The van der Waals surface area contributed by atoms with E-state index in [1.807, 2.05) is 7.11 Å². The first kappa shape index (κ1) is 19.5. The summed E-state index contributed by atoms with van der Waals surface area (Å²) in [6.45, 7) is 0. The van der Waals surface area contributed by atoms with E-state index in [1.165, 1.54) is 43.8 Å². The fourth-order valence-corrected chi connectivity index (χ4v) is 6.86. The Kier molecular flexibility index (Phi) is 5.49. The lowest BCUT2D eigenvalue weighted by Crippen LogP contribution is -2.19. The molecule has 0 amide bonds. The lowest BCUT2D eigenvalue weighted by Gasteiger charge is -2.16. The van der Waals surface area contributed by atoms with Gasteiger partial charge in [-0.3, -0.25) is 0 Å². The van der Waals surface area contributed by atoms with Crippen molar-refractivity contribution in [1.29, 1.82) is 0 Å². The molecule has 149 valence electrons. The molecule has 1 aliphatic heterocycles. The van der Waals surface area contributed by atoms with E-state index in [4.69, 9.17) is 4.43 Å². The maximum absolute atomic E-state index is 6.33. The highest BCUT2D eigenvalue weighted by Gasteiger charge is 2.39. The van der Waals surface area contributed by atoms with Gasteiger partial charge in [0, 0.05) is 7.11 Å². The standard InChI is InChI=1S/C29H23OSi/c1-30-31-28(24-18-10-4-11-19-24)26(22-14-6-2-7-15-22)27(23-16-8-3-9-17-23)29(31)25-20-12-5-13-21-25/h2-21H,1H3. The molecule has 4 aromatic carbocycles. The molecule has 0 N–H and O–H groups in total. The van der Waals surface area contributed by atoms with Gasteiger partial charge in [0.25, 0.3) is 9.04 Å². The van der Waals surface area contributed by atoms with Gasteiger partial charge in [0.1, 0.15) is 0 Å². The third-order valence-corrected chi connectivity index (χ3v) is 8.05. The fourth-order valence-electron chi connectivity index (χ4n) is 4.35. The summed E-state index contributed by atoms with van der Waals surface area (Å²) in [7, 11) is 0.394. The summed E-state index contributed by atoms with van der Waals surface area (Å²) in [5.41, 5.74) is 7.49. The van der Waals surface area contributed by atoms with E-state index < -0.39 is 9.04 Å². The Morgan fingerprint density at radius 3 is 1.00 bits per heavy atom. The molecule has 1 aliphatic rings. The van der Waals surface area contributed by atoms with E-state index in [1.54, 1.807) is 0 Å². The normalized spacial score (nSPS) is 14.4. The molecule has 0 aliphatic carbocycles. The second kappa shape index (κ2) is 8.72. The molecule has 1 nitrogen and oxygen atoms in total. The number of benzene rings is 4. The van der Waals surface area contributed by atoms with Crippen LogP contribution >= 0.6 is 0 Å². The van der Waals surface area contributed by atoms with Crippen molar-refractivity contribution in [2.45, 2.75) is 0 Å². The van der Waals surface area contributed by atoms with E-state index in [9.17, 15) is 0 Å². The third-order valence-electron chi connectivity index (χ3n) is 5.66. The SMILES string of the molecule is CO[Si]1C(c2ccccc2)=C(c2ccccc2)C(c2ccccc2)=C1c1ccccc1. The second-order valence-corrected chi connectivity index (χ2v) is 9.56. The van der Waals surface area contributed by atoms with Gasteiger partial charge in [0.15, 0.2) is 0 Å². The first-order valence-corrected chi connectivity index (χ1v) is 11.9. The van der Waals surface area contributed by atoms with E-state index in [0.29, 0.717) is 0 Å². The Morgan fingerprint density at radius 1 is 0.419 bits per heavy atom. The van der Waals surface area contributed by atoms with Crippen LogP contribution in [-0.4, -0.2) is 16.2 Å². The van der Waals surface area contributed by atoms with Crippen molar-refractivity contribution in [1.82, 2.24) is 0 Å². The first-order chi connectivity index (χ1) is 15.4. The van der Waals surface area contributed by atoms with Gasteiger partial charge in [-0.2, -0.15) is 0 Å². The van der Waals surface area contributed by atoms with Crippen LogP contribution in [0.5, 0.6) is 0 Å². The van der Waals surface area contributed by atoms with Crippen molar-refractivity contribution in [2.75, 3.05) is 7.11 Å². The molecule has 5 rings (SSSR count). The minimum atomic E-state index is -1.46. The third kappa shape index (κ3) is 3.61. The van der Waals surface area contributed by atoms with Crippen LogP contribution in [0.15, 0.2) is 121 Å². The first-order valence-electron chi connectivity index (χ1n) is 10.5. The highest BCUT2D eigenvalue weighted by molar-refractivity contribution is 6.96. The maximum atomic E-state index is 6.33. The van der Waals surface area contributed by atoms with Crippen molar-refractivity contribution in [2.24, 2.45) is 0 Å². The van der Waals surface area contributed by atoms with Gasteiger partial charge in [0.05, 0.1) is 0 Å². The van der Waals surface area contributed by atoms with E-state index in [2.05, 4.69) is 121 Å². The maximum Gasteiger partial charge on any atom is 0.285 e. The summed E-state index contributed by atoms with van der Waals surface area (Å²) >= 11 is 0. The number of hydrogen-bond donors (Lipinski definition) is 0. The van der Waals surface area contributed by atoms with Gasteiger partial charge in [-0.1, -0.05) is 121 Å². The number of rotatable bonds is 5. The average molecular weight is 416 g/mol. The predicted octanol–water partition coefficient (Wildman–Crippen LogP) is 6.94. The Balaban J connectivity index is 1.89. The molecule has 1 radical (unpaired) electrons. The molecule has 4 aromatic rings. The quantitative estimate of drug-likeness (QED) is 0.321. The van der Waals surface area contributed by atoms with Gasteiger partial charge in [0.2, 0.25) is 0 Å². The summed E-state index contributed by atoms with van der Waals surface area (Å²) in [6, 6.07) is 42.9. The van der Waals surface area contributed by atoms with Crippen LogP contribution in [0.2, 0.25) is 0 Å². The van der Waals surface area contributed by atoms with Crippen molar-refractivity contribution >= 4 is 30.6 Å². The predicted molar refractivity (Wildman–Crippen MR) is 132 cm³/mol. The Hall–Kier alpha value is -3.46. The number of hydrogen-bond acceptors (Lipinski definition) is 1. The van der Waals surface area contributed by atoms with Crippen LogP contribution in [0.25, 0.3) is 21.5 Å². The molecule has 0 fully saturated rings. The highest BCUT2D eigenvalue weighted by atomic mass is 28.3. The summed E-state index contributed by atoms with van der Waals surface area (Å²) < 4.78 is 6.33. The molecule has 2 heteroatoms. The van der Waals surface area contributed by atoms with Gasteiger partial charge in [-0.05, 0) is 43.8 Å². The molecule has 0 atom stereocenters. The van der Waals surface area contributed by atoms with Crippen LogP contribution in [0.4, 0.5) is 0 Å². The zero-order chi connectivity index (χ0) is 21.0. The van der Waals surface area contributed by atoms with Crippen LogP contribution in [-0.2, 0) is 4.43 Å². The van der Waals surface area contributed by atoms with Crippen LogP contribution < -0.4 is 0 Å². The van der Waals surface area contributed by atoms with Gasteiger partial charge in [-0.15, -0.1) is 0 Å². The van der Waals surface area contributed by atoms with Gasteiger partial charge < -0.3 is 4.43 Å². The second-order valence-electron chi connectivity index (χ2n) is 7.50. The smallest absolute Gasteiger partial charge is 0.285 e. The van der Waals surface area contributed by atoms with Crippen LogP contribution in [0.3, 0.4) is 0 Å². The minimum Gasteiger partial charge on any atom is -0.411 e. The van der Waals surface area contributed by atoms with Gasteiger partial charge >= 0.3 is 0 Å². The molecule has 31 heavy (non-hydrogen) atoms. The molecule has 0 bridgehead atoms. The summed E-state index contributed by atoms with van der Waals surface area (Å²) in [5.74, 6) is 0. The molecule has 1 heterocycles. The molecule has 0 unspecified atom stereocenters. The average Bonchev–Trinajstić information content (AvgIpc) is 3.21. The summed E-state index contributed by atoms with van der Waals surface area (Å²) in [4.78, 5) is 0. The molecule has 0 aromatic heterocycles. The van der Waals surface area contributed by atoms with Crippen molar-refractivity contribution in [3.8, 4) is 0 Å². The zero-order valence-electron chi connectivity index (χ0n) is 17.5. The monoisotopic (exact) mass is 415 g/mol. The van der Waals surface area contributed by atoms with Crippen molar-refractivity contribution in [3.05, 3.63) is 144 Å². The largest absolute Gasteiger partial charge is 0.411 e. The van der Waals surface area contributed by atoms with E-state index >= 15 is 0 Å². The van der Waals surface area contributed by atoms with Crippen LogP contribution in [0, 0.1) is 0 Å². The lowest BCUT2D eigenvalue weighted by molar-refractivity contribution is 0.441. The molecule has 0 saturated heterocycles. The number of allylic oxidation sites excluding steroid dienone is 2. The molecule has 0 spiro atoms. The van der Waals surface area contributed by atoms with E-state index in [0.717, 1.165) is 0 Å². The Bertz CT molecular complexity index is 1130. The molecule has 0 saturated carbocycles. The van der Waals surface area contributed by atoms with Crippen molar-refractivity contribution in [3.63, 3.8) is 0 Å². The fraction of sp³-hybridized carbons (Fsp3) is 0.0345. The Morgan fingerprint density at radius 2 is 0.710 bits per heavy atom. The highest BCUT2D eigenvalue weighted by Crippen LogP contribution is 2.50. The summed E-state index contributed by atoms with van der Waals surface area (Å²) in [6.07, 6.45) is 0. The lowest BCUT2D eigenvalue weighted by atomic mass is 9.89. The van der Waals surface area contributed by atoms with Gasteiger partial charge in [-0.25, -0.2) is 0 Å². The van der Waals surface area contributed by atoms with E-state index in [-0.39, 0.29) is 0 Å². The molecular formula is C29H23OSi. The molecular weight excluding hydrogens is 392 g/mol. The minimum absolute atomic E-state index is 1.23. The summed E-state index contributed by atoms with van der Waals surface area (Å²) in [5, 5.41) is 2.63. The van der Waals surface area contributed by atoms with Crippen molar-refractivity contribution < 1.29 is 4.43 Å². The zero-order valence-corrected chi connectivity index (χ0v) is 18.5. The topological polar surface area (TPSA) is 9.23 Å².